The van der Waals surface area contributed by atoms with Crippen LogP contribution >= 0.6 is 11.6 Å². The SMILES string of the molecule is CCc1c(Cl)ncnc1NC1CCCC(C)CC1. The van der Waals surface area contributed by atoms with Gasteiger partial charge in [-0.15, -0.1) is 0 Å². The van der Waals surface area contributed by atoms with Crippen LogP contribution in [0.1, 0.15) is 51.5 Å². The summed E-state index contributed by atoms with van der Waals surface area (Å²) in [6.45, 7) is 4.44. The third-order valence-corrected chi connectivity index (χ3v) is 4.17. The van der Waals surface area contributed by atoms with E-state index in [9.17, 15) is 0 Å². The van der Waals surface area contributed by atoms with Gasteiger partial charge in [-0.2, -0.15) is 0 Å². The highest BCUT2D eigenvalue weighted by atomic mass is 35.5. The number of hydrogen-bond acceptors (Lipinski definition) is 3. The zero-order chi connectivity index (χ0) is 13.0. The molecule has 1 heterocycles. The van der Waals surface area contributed by atoms with Gasteiger partial charge in [-0.1, -0.05) is 38.3 Å². The van der Waals surface area contributed by atoms with Gasteiger partial charge in [-0.25, -0.2) is 9.97 Å². The Kier molecular flexibility index (Phi) is 4.81. The molecule has 1 saturated carbocycles. The minimum absolute atomic E-state index is 0.534. The second kappa shape index (κ2) is 6.37. The highest BCUT2D eigenvalue weighted by Crippen LogP contribution is 2.27. The van der Waals surface area contributed by atoms with Crippen molar-refractivity contribution in [2.24, 2.45) is 5.92 Å². The van der Waals surface area contributed by atoms with Gasteiger partial charge in [0.15, 0.2) is 0 Å². The van der Waals surface area contributed by atoms with E-state index in [0.29, 0.717) is 11.2 Å². The van der Waals surface area contributed by atoms with Crippen molar-refractivity contribution in [3.8, 4) is 0 Å². The Hall–Kier alpha value is -0.830. The maximum absolute atomic E-state index is 6.11. The van der Waals surface area contributed by atoms with Crippen LogP contribution in [-0.2, 0) is 6.42 Å². The van der Waals surface area contributed by atoms with Gasteiger partial charge >= 0.3 is 0 Å². The first-order chi connectivity index (χ1) is 8.70. The Morgan fingerprint density at radius 2 is 2.11 bits per heavy atom. The predicted molar refractivity (Wildman–Crippen MR) is 76.1 cm³/mol. The fourth-order valence-corrected chi connectivity index (χ4v) is 2.92. The Bertz CT molecular complexity index is 395. The van der Waals surface area contributed by atoms with Crippen LogP contribution in [0.3, 0.4) is 0 Å². The normalized spacial score (nSPS) is 24.6. The average molecular weight is 268 g/mol. The fraction of sp³-hybridized carbons (Fsp3) is 0.714. The lowest BCUT2D eigenvalue weighted by Gasteiger charge is -2.19. The number of hydrogen-bond donors (Lipinski definition) is 1. The van der Waals surface area contributed by atoms with Gasteiger partial charge in [-0.3, -0.25) is 0 Å². The molecule has 2 unspecified atom stereocenters. The van der Waals surface area contributed by atoms with E-state index in [-0.39, 0.29) is 0 Å². The van der Waals surface area contributed by atoms with Gasteiger partial charge < -0.3 is 5.32 Å². The topological polar surface area (TPSA) is 37.8 Å². The molecular formula is C14H22ClN3. The van der Waals surface area contributed by atoms with Crippen LogP contribution < -0.4 is 5.32 Å². The molecule has 1 aliphatic rings. The Balaban J connectivity index is 2.06. The summed E-state index contributed by atoms with van der Waals surface area (Å²) in [5.74, 6) is 1.79. The van der Waals surface area contributed by atoms with Crippen molar-refractivity contribution in [2.75, 3.05) is 5.32 Å². The van der Waals surface area contributed by atoms with Gasteiger partial charge in [0.1, 0.15) is 17.3 Å². The minimum Gasteiger partial charge on any atom is -0.367 e. The quantitative estimate of drug-likeness (QED) is 0.663. The predicted octanol–water partition coefficient (Wildman–Crippen LogP) is 4.07. The first-order valence-electron chi connectivity index (χ1n) is 6.96. The Morgan fingerprint density at radius 1 is 1.28 bits per heavy atom. The van der Waals surface area contributed by atoms with E-state index in [1.165, 1.54) is 32.1 Å². The van der Waals surface area contributed by atoms with Crippen LogP contribution in [0.25, 0.3) is 0 Å². The van der Waals surface area contributed by atoms with Gasteiger partial charge in [0, 0.05) is 11.6 Å². The minimum atomic E-state index is 0.534. The van der Waals surface area contributed by atoms with E-state index < -0.39 is 0 Å². The molecule has 0 saturated heterocycles. The number of aromatic nitrogens is 2. The lowest BCUT2D eigenvalue weighted by Crippen LogP contribution is -2.20. The maximum Gasteiger partial charge on any atom is 0.137 e. The largest absolute Gasteiger partial charge is 0.367 e. The second-order valence-electron chi connectivity index (χ2n) is 5.30. The lowest BCUT2D eigenvalue weighted by molar-refractivity contribution is 0.501. The number of nitrogens with zero attached hydrogens (tertiary/aromatic N) is 2. The molecule has 18 heavy (non-hydrogen) atoms. The number of nitrogens with one attached hydrogen (secondary N) is 1. The Morgan fingerprint density at radius 3 is 2.89 bits per heavy atom. The van der Waals surface area contributed by atoms with Crippen molar-refractivity contribution in [3.05, 3.63) is 17.0 Å². The second-order valence-corrected chi connectivity index (χ2v) is 5.66. The molecule has 1 N–H and O–H groups in total. The molecule has 3 nitrogen and oxygen atoms in total. The molecule has 0 bridgehead atoms. The summed E-state index contributed by atoms with van der Waals surface area (Å²) >= 11 is 6.11. The molecule has 1 aliphatic carbocycles. The standard InChI is InChI=1S/C14H22ClN3/c1-3-12-13(15)16-9-17-14(12)18-11-6-4-5-10(2)7-8-11/h9-11H,3-8H2,1-2H3,(H,16,17,18). The summed E-state index contributed by atoms with van der Waals surface area (Å²) in [7, 11) is 0. The van der Waals surface area contributed by atoms with Crippen molar-refractivity contribution >= 4 is 17.4 Å². The average Bonchev–Trinajstić information content (AvgIpc) is 2.55. The van der Waals surface area contributed by atoms with Crippen molar-refractivity contribution in [1.29, 1.82) is 0 Å². The first kappa shape index (κ1) is 13.6. The molecule has 0 aromatic carbocycles. The van der Waals surface area contributed by atoms with E-state index in [2.05, 4.69) is 29.1 Å². The fourth-order valence-electron chi connectivity index (χ4n) is 2.65. The molecule has 0 radical (unpaired) electrons. The van der Waals surface area contributed by atoms with Crippen molar-refractivity contribution in [1.82, 2.24) is 9.97 Å². The number of rotatable bonds is 3. The van der Waals surface area contributed by atoms with Crippen LogP contribution in [0, 0.1) is 5.92 Å². The smallest absolute Gasteiger partial charge is 0.137 e. The van der Waals surface area contributed by atoms with Crippen LogP contribution in [0.4, 0.5) is 5.82 Å². The van der Waals surface area contributed by atoms with Crippen LogP contribution in [-0.4, -0.2) is 16.0 Å². The molecule has 100 valence electrons. The van der Waals surface area contributed by atoms with Gasteiger partial charge in [-0.05, 0) is 31.6 Å². The molecule has 0 aliphatic heterocycles. The van der Waals surface area contributed by atoms with Crippen molar-refractivity contribution < 1.29 is 0 Å². The third kappa shape index (κ3) is 3.35. The van der Waals surface area contributed by atoms with Crippen LogP contribution in [0.15, 0.2) is 6.33 Å². The molecule has 2 atom stereocenters. The van der Waals surface area contributed by atoms with E-state index in [4.69, 9.17) is 11.6 Å². The zero-order valence-corrected chi connectivity index (χ0v) is 12.0. The molecule has 0 amide bonds. The van der Waals surface area contributed by atoms with Gasteiger partial charge in [0.2, 0.25) is 0 Å². The molecule has 1 aromatic heterocycles. The summed E-state index contributed by atoms with van der Waals surface area (Å²) in [5.41, 5.74) is 1.04. The van der Waals surface area contributed by atoms with Gasteiger partial charge in [0.05, 0.1) is 0 Å². The first-order valence-corrected chi connectivity index (χ1v) is 7.34. The molecule has 4 heteroatoms. The molecule has 1 aromatic rings. The summed E-state index contributed by atoms with van der Waals surface area (Å²) < 4.78 is 0. The highest BCUT2D eigenvalue weighted by molar-refractivity contribution is 6.30. The third-order valence-electron chi connectivity index (χ3n) is 3.84. The van der Waals surface area contributed by atoms with Crippen LogP contribution in [0.2, 0.25) is 5.15 Å². The molecular weight excluding hydrogens is 246 g/mol. The summed E-state index contributed by atoms with van der Waals surface area (Å²) in [6.07, 6.45) is 8.83. The van der Waals surface area contributed by atoms with Crippen LogP contribution in [0.5, 0.6) is 0 Å². The van der Waals surface area contributed by atoms with Gasteiger partial charge in [0.25, 0.3) is 0 Å². The highest BCUT2D eigenvalue weighted by Gasteiger charge is 2.18. The lowest BCUT2D eigenvalue weighted by atomic mass is 10.0. The Labute approximate surface area is 114 Å². The monoisotopic (exact) mass is 267 g/mol. The summed E-state index contributed by atoms with van der Waals surface area (Å²) in [6, 6.07) is 0.534. The summed E-state index contributed by atoms with van der Waals surface area (Å²) in [5, 5.41) is 4.15. The van der Waals surface area contributed by atoms with Crippen molar-refractivity contribution in [3.63, 3.8) is 0 Å². The zero-order valence-electron chi connectivity index (χ0n) is 11.2. The van der Waals surface area contributed by atoms with E-state index >= 15 is 0 Å². The number of halogens is 1. The van der Waals surface area contributed by atoms with E-state index in [1.807, 2.05) is 0 Å². The van der Waals surface area contributed by atoms with E-state index in [1.54, 1.807) is 6.33 Å². The number of anilines is 1. The molecule has 1 fully saturated rings. The van der Waals surface area contributed by atoms with Crippen molar-refractivity contribution in [2.45, 2.75) is 58.4 Å². The maximum atomic E-state index is 6.11. The van der Waals surface area contributed by atoms with E-state index in [0.717, 1.165) is 23.7 Å². The summed E-state index contributed by atoms with van der Waals surface area (Å²) in [4.78, 5) is 8.40. The molecule has 0 spiro atoms. The molecule has 2 rings (SSSR count).